The Morgan fingerprint density at radius 2 is 2.25 bits per heavy atom. The van der Waals surface area contributed by atoms with Crippen molar-refractivity contribution in [2.24, 2.45) is 0 Å². The van der Waals surface area contributed by atoms with E-state index in [0.717, 1.165) is 19.6 Å². The van der Waals surface area contributed by atoms with Gasteiger partial charge in [-0.25, -0.2) is 0 Å². The van der Waals surface area contributed by atoms with Gasteiger partial charge in [-0.05, 0) is 19.3 Å². The Morgan fingerprint density at radius 3 is 2.92 bits per heavy atom. The standard InChI is InChI=1S/C9H17NO2/c1-2-6-11-9(3-1)12-8-4-5-10-7-8/h8-10H,1-7H2/p+1/t8-,9+/m0/s1. The van der Waals surface area contributed by atoms with Crippen LogP contribution in [-0.4, -0.2) is 32.1 Å². The molecule has 3 nitrogen and oxygen atoms in total. The van der Waals surface area contributed by atoms with E-state index in [9.17, 15) is 0 Å². The molecular weight excluding hydrogens is 154 g/mol. The lowest BCUT2D eigenvalue weighted by molar-refractivity contribution is -0.639. The SMILES string of the molecule is C1CC[C@@H](O[C@H]2CC[NH2+]C2)OC1. The van der Waals surface area contributed by atoms with Gasteiger partial charge in [-0.1, -0.05) is 0 Å². The van der Waals surface area contributed by atoms with Crippen molar-refractivity contribution in [3.05, 3.63) is 0 Å². The maximum Gasteiger partial charge on any atom is 0.158 e. The minimum Gasteiger partial charge on any atom is -0.353 e. The molecule has 2 aliphatic heterocycles. The lowest BCUT2D eigenvalue weighted by Gasteiger charge is -2.24. The van der Waals surface area contributed by atoms with E-state index in [1.165, 1.54) is 25.8 Å². The Labute approximate surface area is 73.4 Å². The molecule has 2 N–H and O–H groups in total. The smallest absolute Gasteiger partial charge is 0.158 e. The number of hydrogen-bond donors (Lipinski definition) is 1. The molecule has 2 heterocycles. The van der Waals surface area contributed by atoms with Crippen LogP contribution in [0.5, 0.6) is 0 Å². The van der Waals surface area contributed by atoms with Gasteiger partial charge < -0.3 is 14.8 Å². The van der Waals surface area contributed by atoms with Crippen LogP contribution < -0.4 is 5.32 Å². The molecule has 0 radical (unpaired) electrons. The molecule has 0 aromatic heterocycles. The molecule has 0 saturated carbocycles. The molecule has 0 bridgehead atoms. The quantitative estimate of drug-likeness (QED) is 0.629. The zero-order valence-corrected chi connectivity index (χ0v) is 7.50. The topological polar surface area (TPSA) is 35.1 Å². The zero-order valence-electron chi connectivity index (χ0n) is 7.50. The van der Waals surface area contributed by atoms with E-state index in [2.05, 4.69) is 5.32 Å². The van der Waals surface area contributed by atoms with Gasteiger partial charge in [0.2, 0.25) is 0 Å². The summed E-state index contributed by atoms with van der Waals surface area (Å²) in [6.45, 7) is 3.23. The Balaban J connectivity index is 1.69. The van der Waals surface area contributed by atoms with E-state index in [1.54, 1.807) is 0 Å². The molecule has 0 aromatic carbocycles. The third kappa shape index (κ3) is 2.19. The van der Waals surface area contributed by atoms with Crippen LogP contribution >= 0.6 is 0 Å². The fourth-order valence-electron chi connectivity index (χ4n) is 1.88. The van der Waals surface area contributed by atoms with Gasteiger partial charge in [0.1, 0.15) is 12.6 Å². The molecular formula is C9H18NO2+. The number of rotatable bonds is 2. The predicted molar refractivity (Wildman–Crippen MR) is 44.7 cm³/mol. The lowest BCUT2D eigenvalue weighted by atomic mass is 10.2. The molecule has 0 aromatic rings. The second kappa shape index (κ2) is 4.21. The first-order valence-corrected chi connectivity index (χ1v) is 5.04. The van der Waals surface area contributed by atoms with E-state index in [0.29, 0.717) is 6.10 Å². The van der Waals surface area contributed by atoms with Crippen molar-refractivity contribution in [1.29, 1.82) is 0 Å². The van der Waals surface area contributed by atoms with Gasteiger partial charge in [-0.3, -0.25) is 0 Å². The summed E-state index contributed by atoms with van der Waals surface area (Å²) in [5.41, 5.74) is 0. The van der Waals surface area contributed by atoms with Crippen LogP contribution in [0.4, 0.5) is 0 Å². The van der Waals surface area contributed by atoms with E-state index in [1.807, 2.05) is 0 Å². The summed E-state index contributed by atoms with van der Waals surface area (Å²) in [5.74, 6) is 0. The molecule has 0 spiro atoms. The van der Waals surface area contributed by atoms with Crippen molar-refractivity contribution in [3.63, 3.8) is 0 Å². The number of quaternary nitrogens is 1. The monoisotopic (exact) mass is 172 g/mol. The molecule has 0 aliphatic carbocycles. The summed E-state index contributed by atoms with van der Waals surface area (Å²) in [6, 6.07) is 0. The summed E-state index contributed by atoms with van der Waals surface area (Å²) in [6.07, 6.45) is 5.32. The lowest BCUT2D eigenvalue weighted by Crippen LogP contribution is -2.81. The van der Waals surface area contributed by atoms with Gasteiger partial charge in [-0.15, -0.1) is 0 Å². The first-order chi connectivity index (χ1) is 5.95. The van der Waals surface area contributed by atoms with Crippen LogP contribution in [0.25, 0.3) is 0 Å². The summed E-state index contributed by atoms with van der Waals surface area (Å²) >= 11 is 0. The third-order valence-electron chi connectivity index (χ3n) is 2.60. The molecule has 2 rings (SSSR count). The number of hydrogen-bond acceptors (Lipinski definition) is 2. The van der Waals surface area contributed by atoms with Gasteiger partial charge in [0.05, 0.1) is 6.54 Å². The maximum absolute atomic E-state index is 5.80. The molecule has 0 unspecified atom stereocenters. The van der Waals surface area contributed by atoms with Gasteiger partial charge >= 0.3 is 0 Å². The Kier molecular flexibility index (Phi) is 2.98. The van der Waals surface area contributed by atoms with Crippen molar-refractivity contribution in [2.75, 3.05) is 19.7 Å². The molecule has 3 heteroatoms. The fraction of sp³-hybridized carbons (Fsp3) is 1.00. The average molecular weight is 172 g/mol. The van der Waals surface area contributed by atoms with Gasteiger partial charge in [0.15, 0.2) is 6.29 Å². The van der Waals surface area contributed by atoms with Crippen LogP contribution in [0.15, 0.2) is 0 Å². The molecule has 2 fully saturated rings. The van der Waals surface area contributed by atoms with Crippen molar-refractivity contribution in [2.45, 2.75) is 38.1 Å². The second-order valence-electron chi connectivity index (χ2n) is 3.66. The van der Waals surface area contributed by atoms with Crippen molar-refractivity contribution >= 4 is 0 Å². The molecule has 0 amide bonds. The van der Waals surface area contributed by atoms with E-state index >= 15 is 0 Å². The second-order valence-corrected chi connectivity index (χ2v) is 3.66. The van der Waals surface area contributed by atoms with Gasteiger partial charge in [-0.2, -0.15) is 0 Å². The molecule has 2 saturated heterocycles. The van der Waals surface area contributed by atoms with E-state index < -0.39 is 0 Å². The highest BCUT2D eigenvalue weighted by molar-refractivity contribution is 4.62. The van der Waals surface area contributed by atoms with E-state index in [4.69, 9.17) is 9.47 Å². The highest BCUT2D eigenvalue weighted by atomic mass is 16.7. The Bertz CT molecular complexity index is 128. The highest BCUT2D eigenvalue weighted by Crippen LogP contribution is 2.16. The van der Waals surface area contributed by atoms with Gasteiger partial charge in [0, 0.05) is 13.0 Å². The van der Waals surface area contributed by atoms with Crippen LogP contribution in [-0.2, 0) is 9.47 Å². The maximum atomic E-state index is 5.80. The van der Waals surface area contributed by atoms with Crippen LogP contribution in [0.3, 0.4) is 0 Å². The van der Waals surface area contributed by atoms with Gasteiger partial charge in [0.25, 0.3) is 0 Å². The normalized spacial score (nSPS) is 37.0. The average Bonchev–Trinajstić information content (AvgIpc) is 2.59. The van der Waals surface area contributed by atoms with Crippen LogP contribution in [0, 0.1) is 0 Å². The molecule has 70 valence electrons. The minimum absolute atomic E-state index is 0.107. The van der Waals surface area contributed by atoms with E-state index in [-0.39, 0.29) is 6.29 Å². The minimum atomic E-state index is 0.107. The summed E-state index contributed by atoms with van der Waals surface area (Å²) in [4.78, 5) is 0. The third-order valence-corrected chi connectivity index (χ3v) is 2.60. The largest absolute Gasteiger partial charge is 0.353 e. The summed E-state index contributed by atoms with van der Waals surface area (Å²) < 4.78 is 11.3. The summed E-state index contributed by atoms with van der Waals surface area (Å²) in [5, 5.41) is 2.31. The Morgan fingerprint density at radius 1 is 1.25 bits per heavy atom. The van der Waals surface area contributed by atoms with Crippen molar-refractivity contribution in [1.82, 2.24) is 0 Å². The first kappa shape index (κ1) is 8.48. The molecule has 12 heavy (non-hydrogen) atoms. The summed E-state index contributed by atoms with van der Waals surface area (Å²) in [7, 11) is 0. The number of ether oxygens (including phenoxy) is 2. The molecule has 2 aliphatic rings. The highest BCUT2D eigenvalue weighted by Gasteiger charge is 2.24. The molecule has 2 atom stereocenters. The fourth-order valence-corrected chi connectivity index (χ4v) is 1.88. The first-order valence-electron chi connectivity index (χ1n) is 5.04. The van der Waals surface area contributed by atoms with Crippen molar-refractivity contribution < 1.29 is 14.8 Å². The zero-order chi connectivity index (χ0) is 8.23. The predicted octanol–water partition coefficient (Wildman–Crippen LogP) is -0.135. The number of nitrogens with two attached hydrogens (primary N) is 1. The van der Waals surface area contributed by atoms with Crippen LogP contribution in [0.2, 0.25) is 0 Å². The van der Waals surface area contributed by atoms with Crippen molar-refractivity contribution in [3.8, 4) is 0 Å². The van der Waals surface area contributed by atoms with Crippen LogP contribution in [0.1, 0.15) is 25.7 Å². The Hall–Kier alpha value is -0.120.